The molecule has 1 aliphatic heterocycles. The summed E-state index contributed by atoms with van der Waals surface area (Å²) in [5.41, 5.74) is 1.52. The zero-order chi connectivity index (χ0) is 26.6. The molecule has 38 heavy (non-hydrogen) atoms. The predicted molar refractivity (Wildman–Crippen MR) is 151 cm³/mol. The van der Waals surface area contributed by atoms with Crippen molar-refractivity contribution in [3.8, 4) is 0 Å². The Labute approximate surface area is 238 Å². The highest BCUT2D eigenvalue weighted by Crippen LogP contribution is 2.34. The van der Waals surface area contributed by atoms with Crippen molar-refractivity contribution in [3.63, 3.8) is 0 Å². The van der Waals surface area contributed by atoms with Gasteiger partial charge in [0.2, 0.25) is 5.91 Å². The number of aryl methyl sites for hydroxylation is 1. The second-order valence-electron chi connectivity index (χ2n) is 8.52. The topological polar surface area (TPSA) is 74.5 Å². The van der Waals surface area contributed by atoms with Gasteiger partial charge in [0.25, 0.3) is 5.22 Å². The third-order valence-electron chi connectivity index (χ3n) is 5.92. The van der Waals surface area contributed by atoms with Gasteiger partial charge >= 0.3 is 6.18 Å². The minimum absolute atomic E-state index is 0. The van der Waals surface area contributed by atoms with E-state index in [1.165, 1.54) is 29.6 Å². The van der Waals surface area contributed by atoms with Crippen LogP contribution in [0.3, 0.4) is 0 Å². The zero-order valence-electron chi connectivity index (χ0n) is 21.1. The number of amides is 1. The van der Waals surface area contributed by atoms with Crippen LogP contribution in [0.4, 0.5) is 18.9 Å². The number of nitrogens with one attached hydrogen (secondary N) is 1. The SMILES string of the molecule is CSc1cc(C)nc(SC)c1NC(=O)CN1CCN(CCSc2nc3cc(C(F)(F)F)ccc3o2)CC1.Cl. The number of nitrogens with zero attached hydrogens (tertiary/aromatic N) is 4. The molecule has 1 amide bonds. The van der Waals surface area contributed by atoms with Crippen molar-refractivity contribution in [1.82, 2.24) is 19.8 Å². The van der Waals surface area contributed by atoms with Gasteiger partial charge in [-0.25, -0.2) is 9.97 Å². The van der Waals surface area contributed by atoms with Crippen LogP contribution < -0.4 is 5.32 Å². The molecule has 208 valence electrons. The van der Waals surface area contributed by atoms with Crippen molar-refractivity contribution in [2.45, 2.75) is 28.2 Å². The highest BCUT2D eigenvalue weighted by molar-refractivity contribution is 7.99. The predicted octanol–water partition coefficient (Wildman–Crippen LogP) is 5.76. The minimum Gasteiger partial charge on any atom is -0.431 e. The van der Waals surface area contributed by atoms with Gasteiger partial charge in [-0.15, -0.1) is 35.9 Å². The molecule has 1 aromatic carbocycles. The lowest BCUT2D eigenvalue weighted by Gasteiger charge is -2.34. The molecular weight excluding hydrogens is 579 g/mol. The minimum atomic E-state index is -4.41. The van der Waals surface area contributed by atoms with Gasteiger partial charge in [-0.2, -0.15) is 13.2 Å². The average Bonchev–Trinajstić information content (AvgIpc) is 3.27. The van der Waals surface area contributed by atoms with Crippen molar-refractivity contribution in [2.75, 3.05) is 62.8 Å². The average molecular weight is 608 g/mol. The molecule has 1 N–H and O–H groups in total. The standard InChI is InChI=1S/C24H28F3N5O2S3.ClH/c1-15-12-19(35-2)21(22(28-15)36-3)30-20(33)14-32-8-6-31(7-9-32)10-11-37-23-29-17-13-16(24(25,26)27)4-5-18(17)34-23;/h4-5,12-13H,6-11,14H2,1-3H3,(H,30,33);1H. The molecule has 14 heteroatoms. The molecule has 7 nitrogen and oxygen atoms in total. The van der Waals surface area contributed by atoms with Gasteiger partial charge in [-0.3, -0.25) is 14.6 Å². The smallest absolute Gasteiger partial charge is 0.416 e. The van der Waals surface area contributed by atoms with Crippen molar-refractivity contribution in [2.24, 2.45) is 0 Å². The molecule has 0 bridgehead atoms. The normalized spacial score (nSPS) is 15.0. The van der Waals surface area contributed by atoms with E-state index in [0.29, 0.717) is 23.1 Å². The molecular formula is C24H29ClF3N5O2S3. The molecule has 4 rings (SSSR count). The van der Waals surface area contributed by atoms with E-state index in [1.807, 2.05) is 25.5 Å². The highest BCUT2D eigenvalue weighted by atomic mass is 35.5. The molecule has 0 atom stereocenters. The van der Waals surface area contributed by atoms with Gasteiger partial charge in [-0.05, 0) is 43.7 Å². The van der Waals surface area contributed by atoms with Gasteiger partial charge in [-0.1, -0.05) is 11.8 Å². The summed E-state index contributed by atoms with van der Waals surface area (Å²) in [4.78, 5) is 26.9. The van der Waals surface area contributed by atoms with Gasteiger partial charge < -0.3 is 9.73 Å². The van der Waals surface area contributed by atoms with Crippen LogP contribution in [-0.4, -0.2) is 83.2 Å². The molecule has 0 spiro atoms. The Bertz CT molecular complexity index is 1230. The van der Waals surface area contributed by atoms with Gasteiger partial charge in [0.05, 0.1) is 17.8 Å². The number of hydrogen-bond donors (Lipinski definition) is 1. The number of aromatic nitrogens is 2. The second-order valence-corrected chi connectivity index (χ2v) is 11.2. The van der Waals surface area contributed by atoms with E-state index in [1.54, 1.807) is 11.8 Å². The lowest BCUT2D eigenvalue weighted by atomic mass is 10.2. The van der Waals surface area contributed by atoms with Crippen LogP contribution in [0.25, 0.3) is 11.1 Å². The van der Waals surface area contributed by atoms with Crippen molar-refractivity contribution in [3.05, 3.63) is 35.5 Å². The number of thioether (sulfide) groups is 3. The largest absolute Gasteiger partial charge is 0.431 e. The Morgan fingerprint density at radius 3 is 2.45 bits per heavy atom. The quantitative estimate of drug-likeness (QED) is 0.305. The molecule has 0 aliphatic carbocycles. The fourth-order valence-corrected chi connectivity index (χ4v) is 6.14. The van der Waals surface area contributed by atoms with Crippen molar-refractivity contribution in [1.29, 1.82) is 0 Å². The van der Waals surface area contributed by atoms with Crippen LogP contribution in [0, 0.1) is 6.92 Å². The number of hydrogen-bond acceptors (Lipinski definition) is 9. The number of carbonyl (C=O) groups is 1. The van der Waals surface area contributed by atoms with Crippen LogP contribution >= 0.6 is 47.7 Å². The molecule has 0 radical (unpaired) electrons. The molecule has 0 unspecified atom stereocenters. The Hall–Kier alpha value is -1.64. The summed E-state index contributed by atoms with van der Waals surface area (Å²) >= 11 is 4.49. The Morgan fingerprint density at radius 2 is 1.79 bits per heavy atom. The summed E-state index contributed by atoms with van der Waals surface area (Å²) in [6.45, 7) is 6.27. The van der Waals surface area contributed by atoms with E-state index < -0.39 is 11.7 Å². The molecule has 3 aromatic rings. The lowest BCUT2D eigenvalue weighted by Crippen LogP contribution is -2.49. The zero-order valence-corrected chi connectivity index (χ0v) is 24.4. The lowest BCUT2D eigenvalue weighted by molar-refractivity contribution is -0.137. The fraction of sp³-hybridized carbons (Fsp3) is 0.458. The number of alkyl halides is 3. The van der Waals surface area contributed by atoms with Gasteiger partial charge in [0.1, 0.15) is 10.5 Å². The van der Waals surface area contributed by atoms with E-state index in [2.05, 4.69) is 25.1 Å². The molecule has 0 saturated carbocycles. The summed E-state index contributed by atoms with van der Waals surface area (Å²) < 4.78 is 44.3. The number of benzene rings is 1. The van der Waals surface area contributed by atoms with E-state index in [9.17, 15) is 18.0 Å². The van der Waals surface area contributed by atoms with Crippen molar-refractivity contribution < 1.29 is 22.4 Å². The molecule has 1 saturated heterocycles. The summed E-state index contributed by atoms with van der Waals surface area (Å²) in [7, 11) is 0. The number of halogens is 4. The summed E-state index contributed by atoms with van der Waals surface area (Å²) in [6.07, 6.45) is -0.469. The second kappa shape index (κ2) is 13.6. The fourth-order valence-electron chi connectivity index (χ4n) is 4.00. The maximum Gasteiger partial charge on any atom is 0.416 e. The number of pyridine rings is 1. The number of piperazine rings is 1. The summed E-state index contributed by atoms with van der Waals surface area (Å²) in [6, 6.07) is 5.31. The first kappa shape index (κ1) is 30.9. The molecule has 3 heterocycles. The Morgan fingerprint density at radius 1 is 1.08 bits per heavy atom. The van der Waals surface area contributed by atoms with Crippen LogP contribution in [0.5, 0.6) is 0 Å². The third kappa shape index (κ3) is 7.95. The molecule has 2 aromatic heterocycles. The number of anilines is 1. The van der Waals surface area contributed by atoms with E-state index >= 15 is 0 Å². The van der Waals surface area contributed by atoms with Crippen molar-refractivity contribution >= 4 is 70.4 Å². The van der Waals surface area contributed by atoms with Crippen LogP contribution in [0.1, 0.15) is 11.3 Å². The maximum absolute atomic E-state index is 12.9. The van der Waals surface area contributed by atoms with Crippen LogP contribution in [0.15, 0.2) is 43.8 Å². The van der Waals surface area contributed by atoms with E-state index in [-0.39, 0.29) is 23.8 Å². The third-order valence-corrected chi connectivity index (χ3v) is 8.17. The number of carbonyl (C=O) groups excluding carboxylic acids is 1. The van der Waals surface area contributed by atoms with Crippen LogP contribution in [0.2, 0.25) is 0 Å². The Balaban J connectivity index is 0.00000400. The molecule has 1 aliphatic rings. The number of oxazole rings is 1. The summed E-state index contributed by atoms with van der Waals surface area (Å²) in [5, 5.41) is 4.24. The Kier molecular flexibility index (Phi) is 11.1. The summed E-state index contributed by atoms with van der Waals surface area (Å²) in [5.74, 6) is 0.652. The first-order valence-electron chi connectivity index (χ1n) is 11.6. The van der Waals surface area contributed by atoms with Gasteiger partial charge in [0.15, 0.2) is 5.58 Å². The molecule has 1 fully saturated rings. The highest BCUT2D eigenvalue weighted by Gasteiger charge is 2.31. The first-order chi connectivity index (χ1) is 17.7. The monoisotopic (exact) mass is 607 g/mol. The first-order valence-corrected chi connectivity index (χ1v) is 15.0. The van der Waals surface area contributed by atoms with E-state index in [4.69, 9.17) is 4.42 Å². The van der Waals surface area contributed by atoms with Gasteiger partial charge in [0, 0.05) is 49.1 Å². The number of rotatable bonds is 9. The van der Waals surface area contributed by atoms with Crippen LogP contribution in [-0.2, 0) is 11.0 Å². The maximum atomic E-state index is 12.9. The van der Waals surface area contributed by atoms with E-state index in [0.717, 1.165) is 66.2 Å². The number of fused-ring (bicyclic) bond motifs is 1.